The number of benzene rings is 2. The first-order chi connectivity index (χ1) is 14.9. The molecule has 2 aromatic carbocycles. The molecule has 6 nitrogen and oxygen atoms in total. The minimum absolute atomic E-state index is 0.314. The van der Waals surface area contributed by atoms with Crippen molar-refractivity contribution in [2.45, 2.75) is 50.7 Å². The Balaban J connectivity index is 1.81. The second-order valence-corrected chi connectivity index (χ2v) is 8.22. The highest BCUT2D eigenvalue weighted by molar-refractivity contribution is 6.47. The fourth-order valence-electron chi connectivity index (χ4n) is 4.66. The van der Waals surface area contributed by atoms with Crippen LogP contribution in [0.5, 0.6) is 5.75 Å². The Hall–Kier alpha value is -3.22. The van der Waals surface area contributed by atoms with E-state index in [2.05, 4.69) is 0 Å². The molecule has 0 radical (unpaired) electrons. The number of aliphatic imine (C=N–C) groups is 1. The first kappa shape index (κ1) is 21.0. The van der Waals surface area contributed by atoms with Gasteiger partial charge in [0.1, 0.15) is 29.0 Å². The zero-order valence-corrected chi connectivity index (χ0v) is 17.7. The van der Waals surface area contributed by atoms with Crippen molar-refractivity contribution in [3.05, 3.63) is 65.0 Å². The number of nitrogens with two attached hydrogens (primary N) is 1. The third kappa shape index (κ3) is 3.69. The van der Waals surface area contributed by atoms with E-state index in [1.54, 1.807) is 49.3 Å². The van der Waals surface area contributed by atoms with Gasteiger partial charge in [-0.15, -0.1) is 0 Å². The van der Waals surface area contributed by atoms with E-state index in [1.165, 1.54) is 12.1 Å². The number of ether oxygens (including phenoxy) is 1. The summed E-state index contributed by atoms with van der Waals surface area (Å²) >= 11 is 0. The predicted molar refractivity (Wildman–Crippen MR) is 115 cm³/mol. The van der Waals surface area contributed by atoms with E-state index in [1.807, 2.05) is 0 Å². The third-order valence-corrected chi connectivity index (χ3v) is 6.23. The van der Waals surface area contributed by atoms with Crippen LogP contribution in [0.2, 0.25) is 0 Å². The maximum absolute atomic E-state index is 13.9. The topological polar surface area (TPSA) is 85.0 Å². The molecule has 162 valence electrons. The van der Waals surface area contributed by atoms with Gasteiger partial charge in [0.2, 0.25) is 5.91 Å². The second kappa shape index (κ2) is 8.13. The smallest absolute Gasteiger partial charge is 0.275 e. The SMILES string of the molecule is COc1ccc(C2=NC3(CCCCC3)N(C(C(N)=O)c3ccc(F)c(C)c3)C2=O)cc1. The summed E-state index contributed by atoms with van der Waals surface area (Å²) in [5.74, 6) is -0.688. The Morgan fingerprint density at radius 2 is 1.84 bits per heavy atom. The molecule has 2 amide bonds. The number of hydrogen-bond donors (Lipinski definition) is 1. The van der Waals surface area contributed by atoms with Crippen molar-refractivity contribution in [3.8, 4) is 5.75 Å². The van der Waals surface area contributed by atoms with Crippen molar-refractivity contribution in [3.63, 3.8) is 0 Å². The molecule has 1 saturated carbocycles. The van der Waals surface area contributed by atoms with Crippen LogP contribution in [0.3, 0.4) is 0 Å². The zero-order valence-electron chi connectivity index (χ0n) is 17.7. The lowest BCUT2D eigenvalue weighted by Crippen LogP contribution is -2.53. The molecule has 2 N–H and O–H groups in total. The fourth-order valence-corrected chi connectivity index (χ4v) is 4.66. The van der Waals surface area contributed by atoms with Gasteiger partial charge in [-0.3, -0.25) is 19.5 Å². The number of halogens is 1. The molecule has 0 aromatic heterocycles. The van der Waals surface area contributed by atoms with E-state index in [9.17, 15) is 14.0 Å². The summed E-state index contributed by atoms with van der Waals surface area (Å²) in [6, 6.07) is 10.5. The number of hydrogen-bond acceptors (Lipinski definition) is 4. The Kier molecular flexibility index (Phi) is 5.52. The molecule has 1 spiro atoms. The summed E-state index contributed by atoms with van der Waals surface area (Å²) in [5, 5.41) is 0. The maximum atomic E-state index is 13.9. The molecule has 0 bridgehead atoms. The average Bonchev–Trinajstić information content (AvgIpc) is 3.03. The van der Waals surface area contributed by atoms with Crippen LogP contribution >= 0.6 is 0 Å². The van der Waals surface area contributed by atoms with Crippen molar-refractivity contribution in [2.75, 3.05) is 7.11 Å². The number of amides is 2. The Bertz CT molecular complexity index is 1040. The molecule has 1 aliphatic carbocycles. The van der Waals surface area contributed by atoms with E-state index in [0.717, 1.165) is 19.3 Å². The quantitative estimate of drug-likeness (QED) is 0.796. The van der Waals surface area contributed by atoms with E-state index in [0.29, 0.717) is 41.0 Å². The van der Waals surface area contributed by atoms with Gasteiger partial charge in [-0.2, -0.15) is 0 Å². The largest absolute Gasteiger partial charge is 0.497 e. The monoisotopic (exact) mass is 423 g/mol. The van der Waals surface area contributed by atoms with Crippen LogP contribution in [-0.4, -0.2) is 35.2 Å². The molecule has 1 unspecified atom stereocenters. The molecule has 7 heteroatoms. The van der Waals surface area contributed by atoms with Gasteiger partial charge in [-0.25, -0.2) is 4.39 Å². The highest BCUT2D eigenvalue weighted by Crippen LogP contribution is 2.44. The summed E-state index contributed by atoms with van der Waals surface area (Å²) in [7, 11) is 1.58. The number of primary amides is 1. The van der Waals surface area contributed by atoms with Gasteiger partial charge in [0.25, 0.3) is 5.91 Å². The van der Waals surface area contributed by atoms with Gasteiger partial charge in [-0.1, -0.05) is 18.6 Å². The number of methoxy groups -OCH3 is 1. The number of nitrogens with zero attached hydrogens (tertiary/aromatic N) is 2. The number of carbonyl (C=O) groups excluding carboxylic acids is 2. The molecular weight excluding hydrogens is 397 g/mol. The average molecular weight is 423 g/mol. The van der Waals surface area contributed by atoms with Crippen molar-refractivity contribution in [1.82, 2.24) is 4.90 Å². The normalized spacial score (nSPS) is 18.7. The molecule has 2 aliphatic rings. The minimum atomic E-state index is -1.02. The maximum Gasteiger partial charge on any atom is 0.275 e. The third-order valence-electron chi connectivity index (χ3n) is 6.23. The number of aryl methyl sites for hydroxylation is 1. The highest BCUT2D eigenvalue weighted by Gasteiger charge is 2.52. The summed E-state index contributed by atoms with van der Waals surface area (Å²) in [6.45, 7) is 1.62. The first-order valence-electron chi connectivity index (χ1n) is 10.5. The minimum Gasteiger partial charge on any atom is -0.497 e. The van der Waals surface area contributed by atoms with Gasteiger partial charge in [-0.05, 0) is 74.1 Å². The molecule has 1 heterocycles. The summed E-state index contributed by atoms with van der Waals surface area (Å²) in [5.41, 5.74) is 6.86. The number of carbonyl (C=O) groups is 2. The van der Waals surface area contributed by atoms with Crippen LogP contribution in [0.25, 0.3) is 0 Å². The Morgan fingerprint density at radius 1 is 1.16 bits per heavy atom. The Morgan fingerprint density at radius 3 is 2.42 bits per heavy atom. The zero-order chi connectivity index (χ0) is 22.2. The van der Waals surface area contributed by atoms with Crippen LogP contribution in [-0.2, 0) is 9.59 Å². The Labute approximate surface area is 180 Å². The van der Waals surface area contributed by atoms with E-state index >= 15 is 0 Å². The number of rotatable bonds is 5. The molecule has 31 heavy (non-hydrogen) atoms. The summed E-state index contributed by atoms with van der Waals surface area (Å²) in [6.07, 6.45) is 4.16. The van der Waals surface area contributed by atoms with Crippen LogP contribution in [0.1, 0.15) is 54.8 Å². The second-order valence-electron chi connectivity index (χ2n) is 8.22. The summed E-state index contributed by atoms with van der Waals surface area (Å²) < 4.78 is 19.1. The molecule has 4 rings (SSSR count). The van der Waals surface area contributed by atoms with Crippen LogP contribution < -0.4 is 10.5 Å². The first-order valence-corrected chi connectivity index (χ1v) is 10.5. The van der Waals surface area contributed by atoms with Gasteiger partial charge >= 0.3 is 0 Å². The van der Waals surface area contributed by atoms with E-state index in [4.69, 9.17) is 15.5 Å². The van der Waals surface area contributed by atoms with E-state index in [-0.39, 0.29) is 11.7 Å². The molecule has 1 atom stereocenters. The van der Waals surface area contributed by atoms with Gasteiger partial charge in [0, 0.05) is 5.56 Å². The van der Waals surface area contributed by atoms with Crippen molar-refractivity contribution < 1.29 is 18.7 Å². The lowest BCUT2D eigenvalue weighted by Gasteiger charge is -2.42. The van der Waals surface area contributed by atoms with Gasteiger partial charge < -0.3 is 10.5 Å². The van der Waals surface area contributed by atoms with Crippen LogP contribution in [0.15, 0.2) is 47.5 Å². The lowest BCUT2D eigenvalue weighted by atomic mass is 9.86. The highest BCUT2D eigenvalue weighted by atomic mass is 19.1. The predicted octanol–water partition coefficient (Wildman–Crippen LogP) is 3.66. The van der Waals surface area contributed by atoms with Crippen molar-refractivity contribution in [2.24, 2.45) is 10.7 Å². The van der Waals surface area contributed by atoms with Crippen LogP contribution in [0.4, 0.5) is 4.39 Å². The standard InChI is InChI=1S/C24H26FN3O3/c1-15-14-17(8-11-19(15)25)21(22(26)29)28-23(30)20(16-6-9-18(31-2)10-7-16)27-24(28)12-4-3-5-13-24/h6-11,14,21H,3-5,12-13H2,1-2H3,(H2,26,29). The molecule has 1 aliphatic heterocycles. The molecular formula is C24H26FN3O3. The molecule has 0 saturated heterocycles. The van der Waals surface area contributed by atoms with Gasteiger partial charge in [0.15, 0.2) is 0 Å². The van der Waals surface area contributed by atoms with Gasteiger partial charge in [0.05, 0.1) is 7.11 Å². The van der Waals surface area contributed by atoms with Crippen molar-refractivity contribution >= 4 is 17.5 Å². The van der Waals surface area contributed by atoms with E-state index < -0.39 is 17.6 Å². The molecule has 1 fully saturated rings. The lowest BCUT2D eigenvalue weighted by molar-refractivity contribution is -0.141. The van der Waals surface area contributed by atoms with Crippen LogP contribution in [0, 0.1) is 12.7 Å². The fraction of sp³-hybridized carbons (Fsp3) is 0.375. The summed E-state index contributed by atoms with van der Waals surface area (Å²) in [4.78, 5) is 32.8. The van der Waals surface area contributed by atoms with Crippen molar-refractivity contribution in [1.29, 1.82) is 0 Å². The molecule has 2 aromatic rings.